The van der Waals surface area contributed by atoms with E-state index in [0.29, 0.717) is 13.1 Å². The summed E-state index contributed by atoms with van der Waals surface area (Å²) < 4.78 is 0. The van der Waals surface area contributed by atoms with Crippen LogP contribution in [0.4, 0.5) is 0 Å². The van der Waals surface area contributed by atoms with E-state index in [-0.39, 0.29) is 5.91 Å². The highest BCUT2D eigenvalue weighted by Crippen LogP contribution is 2.19. The molecule has 0 aromatic carbocycles. The largest absolute Gasteiger partial charge is 0.389 e. The molecule has 1 rings (SSSR count). The summed E-state index contributed by atoms with van der Waals surface area (Å²) in [5.74, 6) is 0.0997. The molecule has 14 heavy (non-hydrogen) atoms. The molecule has 0 bridgehead atoms. The number of carbonyl (C=O) groups excluding carboxylic acids is 1. The van der Waals surface area contributed by atoms with Crippen LogP contribution in [0.3, 0.4) is 0 Å². The third kappa shape index (κ3) is 3.27. The Morgan fingerprint density at radius 2 is 2.21 bits per heavy atom. The van der Waals surface area contributed by atoms with Gasteiger partial charge in [-0.25, -0.2) is 0 Å². The quantitative estimate of drug-likeness (QED) is 0.678. The number of amides is 1. The van der Waals surface area contributed by atoms with Crippen molar-refractivity contribution in [2.75, 3.05) is 33.7 Å². The molecule has 0 saturated carbocycles. The van der Waals surface area contributed by atoms with Crippen molar-refractivity contribution in [1.82, 2.24) is 9.80 Å². The van der Waals surface area contributed by atoms with Crippen LogP contribution in [0.25, 0.3) is 0 Å². The topological polar surface area (TPSA) is 43.8 Å². The van der Waals surface area contributed by atoms with Gasteiger partial charge in [0.25, 0.3) is 0 Å². The first-order chi connectivity index (χ1) is 6.41. The van der Waals surface area contributed by atoms with Gasteiger partial charge in [0.15, 0.2) is 0 Å². The van der Waals surface area contributed by atoms with Crippen LogP contribution in [-0.2, 0) is 4.79 Å². The Labute approximate surface area is 85.5 Å². The first kappa shape index (κ1) is 11.5. The van der Waals surface area contributed by atoms with E-state index in [0.717, 1.165) is 19.4 Å². The van der Waals surface area contributed by atoms with E-state index in [1.54, 1.807) is 19.0 Å². The molecule has 0 aromatic rings. The number of β-amino-alcohol motifs (C(OH)–C–C–N with tert-alkyl or cyclic N) is 1. The molecule has 0 aliphatic carbocycles. The number of likely N-dealkylation sites (N-methyl/N-ethyl adjacent to an activating group) is 1. The average Bonchev–Trinajstić information content (AvgIpc) is 2.01. The molecule has 0 radical (unpaired) electrons. The van der Waals surface area contributed by atoms with Crippen molar-refractivity contribution in [3.05, 3.63) is 0 Å². The van der Waals surface area contributed by atoms with Gasteiger partial charge in [0.1, 0.15) is 0 Å². The molecule has 0 spiro atoms. The summed E-state index contributed by atoms with van der Waals surface area (Å²) in [5.41, 5.74) is -0.620. The van der Waals surface area contributed by atoms with Crippen molar-refractivity contribution in [2.45, 2.75) is 25.4 Å². The average molecular weight is 200 g/mol. The summed E-state index contributed by atoms with van der Waals surface area (Å²) in [6.07, 6.45) is 1.80. The van der Waals surface area contributed by atoms with Gasteiger partial charge in [-0.1, -0.05) is 0 Å². The molecule has 1 aliphatic rings. The van der Waals surface area contributed by atoms with Crippen LogP contribution in [0, 0.1) is 0 Å². The van der Waals surface area contributed by atoms with Crippen molar-refractivity contribution in [3.8, 4) is 0 Å². The highest BCUT2D eigenvalue weighted by molar-refractivity contribution is 5.77. The second-order valence-electron chi connectivity index (χ2n) is 4.60. The summed E-state index contributed by atoms with van der Waals surface area (Å²) in [4.78, 5) is 15.0. The predicted molar refractivity (Wildman–Crippen MR) is 55.0 cm³/mol. The molecule has 1 aliphatic heterocycles. The SMILES string of the molecule is CN(C)C(=O)CN1CCCC(C)(O)C1. The van der Waals surface area contributed by atoms with Crippen molar-refractivity contribution >= 4 is 5.91 Å². The number of rotatable bonds is 2. The standard InChI is InChI=1S/C10H20N2O2/c1-10(14)5-4-6-12(8-10)7-9(13)11(2)3/h14H,4-8H2,1-3H3. The third-order valence-electron chi connectivity index (χ3n) is 2.61. The zero-order chi connectivity index (χ0) is 10.8. The number of nitrogens with zero attached hydrogens (tertiary/aromatic N) is 2. The van der Waals surface area contributed by atoms with E-state index >= 15 is 0 Å². The van der Waals surface area contributed by atoms with Crippen molar-refractivity contribution < 1.29 is 9.90 Å². The van der Waals surface area contributed by atoms with Crippen LogP contribution < -0.4 is 0 Å². The Hall–Kier alpha value is -0.610. The number of hydrogen-bond donors (Lipinski definition) is 1. The molecule has 0 aromatic heterocycles. The summed E-state index contributed by atoms with van der Waals surface area (Å²) in [6, 6.07) is 0. The molecule has 4 heteroatoms. The third-order valence-corrected chi connectivity index (χ3v) is 2.61. The Bertz CT molecular complexity index is 214. The maximum atomic E-state index is 11.4. The minimum absolute atomic E-state index is 0.0997. The number of carbonyl (C=O) groups is 1. The lowest BCUT2D eigenvalue weighted by Gasteiger charge is -2.36. The molecule has 1 atom stereocenters. The fourth-order valence-electron chi connectivity index (χ4n) is 1.79. The van der Waals surface area contributed by atoms with Crippen LogP contribution >= 0.6 is 0 Å². The molecular formula is C10H20N2O2. The fourth-order valence-corrected chi connectivity index (χ4v) is 1.79. The summed E-state index contributed by atoms with van der Waals surface area (Å²) >= 11 is 0. The zero-order valence-corrected chi connectivity index (χ0v) is 9.29. The van der Waals surface area contributed by atoms with Gasteiger partial charge in [-0.15, -0.1) is 0 Å². The van der Waals surface area contributed by atoms with E-state index in [1.807, 2.05) is 11.8 Å². The second-order valence-corrected chi connectivity index (χ2v) is 4.60. The first-order valence-electron chi connectivity index (χ1n) is 5.06. The summed E-state index contributed by atoms with van der Waals surface area (Å²) in [7, 11) is 3.51. The van der Waals surface area contributed by atoms with Gasteiger partial charge >= 0.3 is 0 Å². The van der Waals surface area contributed by atoms with E-state index in [2.05, 4.69) is 0 Å². The lowest BCUT2D eigenvalue weighted by molar-refractivity contribution is -0.131. The number of aliphatic hydroxyl groups is 1. The lowest BCUT2D eigenvalue weighted by Crippen LogP contribution is -2.49. The van der Waals surface area contributed by atoms with Crippen LogP contribution in [0.15, 0.2) is 0 Å². The van der Waals surface area contributed by atoms with Crippen LogP contribution in [0.5, 0.6) is 0 Å². The van der Waals surface area contributed by atoms with Crippen molar-refractivity contribution in [1.29, 1.82) is 0 Å². The fraction of sp³-hybridized carbons (Fsp3) is 0.900. The molecule has 82 valence electrons. The van der Waals surface area contributed by atoms with Crippen molar-refractivity contribution in [3.63, 3.8) is 0 Å². The van der Waals surface area contributed by atoms with E-state index < -0.39 is 5.60 Å². The Balaban J connectivity index is 2.42. The Kier molecular flexibility index (Phi) is 3.50. The molecule has 4 nitrogen and oxygen atoms in total. The predicted octanol–water partition coefficient (Wildman–Crippen LogP) is -0.0786. The Morgan fingerprint density at radius 3 is 2.71 bits per heavy atom. The van der Waals surface area contributed by atoms with Gasteiger partial charge in [-0.2, -0.15) is 0 Å². The monoisotopic (exact) mass is 200 g/mol. The summed E-state index contributed by atoms with van der Waals surface area (Å²) in [6.45, 7) is 3.77. The molecule has 1 fully saturated rings. The molecular weight excluding hydrogens is 180 g/mol. The minimum Gasteiger partial charge on any atom is -0.389 e. The van der Waals surface area contributed by atoms with Gasteiger partial charge in [0.05, 0.1) is 12.1 Å². The normalized spacial score (nSPS) is 28.9. The van der Waals surface area contributed by atoms with E-state index in [1.165, 1.54) is 0 Å². The van der Waals surface area contributed by atoms with E-state index in [9.17, 15) is 9.90 Å². The molecule has 1 unspecified atom stereocenters. The van der Waals surface area contributed by atoms with Gasteiger partial charge < -0.3 is 10.0 Å². The Morgan fingerprint density at radius 1 is 1.57 bits per heavy atom. The maximum Gasteiger partial charge on any atom is 0.236 e. The van der Waals surface area contributed by atoms with Crippen LogP contribution in [0.1, 0.15) is 19.8 Å². The van der Waals surface area contributed by atoms with Gasteiger partial charge in [0.2, 0.25) is 5.91 Å². The van der Waals surface area contributed by atoms with E-state index in [4.69, 9.17) is 0 Å². The second kappa shape index (κ2) is 4.28. The number of piperidine rings is 1. The highest BCUT2D eigenvalue weighted by atomic mass is 16.3. The zero-order valence-electron chi connectivity index (χ0n) is 9.29. The first-order valence-corrected chi connectivity index (χ1v) is 5.06. The molecule has 1 amide bonds. The van der Waals surface area contributed by atoms with Gasteiger partial charge in [-0.05, 0) is 26.3 Å². The van der Waals surface area contributed by atoms with Crippen molar-refractivity contribution in [2.24, 2.45) is 0 Å². The van der Waals surface area contributed by atoms with Gasteiger partial charge in [-0.3, -0.25) is 9.69 Å². The number of hydrogen-bond acceptors (Lipinski definition) is 3. The lowest BCUT2D eigenvalue weighted by atomic mass is 9.95. The molecule has 1 heterocycles. The minimum atomic E-state index is -0.620. The summed E-state index contributed by atoms with van der Waals surface area (Å²) in [5, 5.41) is 9.83. The number of likely N-dealkylation sites (tertiary alicyclic amines) is 1. The van der Waals surface area contributed by atoms with Crippen LogP contribution in [-0.4, -0.2) is 60.1 Å². The smallest absolute Gasteiger partial charge is 0.236 e. The maximum absolute atomic E-state index is 11.4. The molecule has 1 N–H and O–H groups in total. The molecule has 1 saturated heterocycles. The highest BCUT2D eigenvalue weighted by Gasteiger charge is 2.29. The van der Waals surface area contributed by atoms with Gasteiger partial charge in [0, 0.05) is 20.6 Å². The van der Waals surface area contributed by atoms with Crippen LogP contribution in [0.2, 0.25) is 0 Å².